The molecule has 0 radical (unpaired) electrons. The van der Waals surface area contributed by atoms with Crippen LogP contribution < -0.4 is 11.0 Å². The Hall–Kier alpha value is -1.40. The molecule has 0 aromatic heterocycles. The third kappa shape index (κ3) is 1.18. The minimum Gasteiger partial charge on any atom is -0.416 e. The normalized spacial score (nSPS) is 28.9. The van der Waals surface area contributed by atoms with Crippen LogP contribution in [0.25, 0.3) is 5.43 Å². The van der Waals surface area contributed by atoms with Crippen molar-refractivity contribution in [3.63, 3.8) is 0 Å². The highest BCUT2D eigenvalue weighted by Gasteiger charge is 2.49. The molecule has 1 unspecified atom stereocenters. The van der Waals surface area contributed by atoms with Crippen LogP contribution in [0.3, 0.4) is 0 Å². The fourth-order valence-corrected chi connectivity index (χ4v) is 2.04. The summed E-state index contributed by atoms with van der Waals surface area (Å²) in [5.41, 5.74) is 4.21. The highest BCUT2D eigenvalue weighted by atomic mass is 16.2. The molecular weight excluding hydrogens is 194 g/mol. The number of hydrogen-bond acceptors (Lipinski definition) is 3. The van der Waals surface area contributed by atoms with E-state index < -0.39 is 5.41 Å². The monoisotopic (exact) mass is 209 g/mol. The zero-order valence-electron chi connectivity index (χ0n) is 9.33. The first-order valence-electron chi connectivity index (χ1n) is 4.78. The first-order valence-corrected chi connectivity index (χ1v) is 4.78. The van der Waals surface area contributed by atoms with E-state index in [9.17, 15) is 4.79 Å². The van der Waals surface area contributed by atoms with E-state index in [1.54, 1.807) is 18.9 Å². The quantitative estimate of drug-likeness (QED) is 0.509. The Kier molecular flexibility index (Phi) is 1.89. The lowest BCUT2D eigenvalue weighted by atomic mass is 9.90. The molecule has 0 fully saturated rings. The molecule has 6 nitrogen and oxygen atoms in total. The third-order valence-corrected chi connectivity index (χ3v) is 2.81. The maximum atomic E-state index is 11.9. The Balaban J connectivity index is 2.58. The molecule has 15 heavy (non-hydrogen) atoms. The van der Waals surface area contributed by atoms with Gasteiger partial charge in [0.2, 0.25) is 5.91 Å². The van der Waals surface area contributed by atoms with Gasteiger partial charge in [-0.05, 0) is 26.6 Å². The Labute approximate surface area is 88.4 Å². The van der Waals surface area contributed by atoms with Crippen molar-refractivity contribution in [2.45, 2.75) is 20.8 Å². The number of aliphatic imine (C=N–C) groups is 1. The van der Waals surface area contributed by atoms with Crippen molar-refractivity contribution >= 4 is 11.7 Å². The molecule has 0 spiro atoms. The van der Waals surface area contributed by atoms with Crippen LogP contribution in [0.1, 0.15) is 20.8 Å². The van der Waals surface area contributed by atoms with E-state index in [2.05, 4.69) is 10.4 Å². The van der Waals surface area contributed by atoms with Gasteiger partial charge in [0, 0.05) is 7.05 Å². The number of quaternary nitrogens is 1. The molecule has 1 amide bonds. The third-order valence-electron chi connectivity index (χ3n) is 2.81. The molecule has 0 aromatic rings. The smallest absolute Gasteiger partial charge is 0.242 e. The van der Waals surface area contributed by atoms with Gasteiger partial charge in [-0.2, -0.15) is 11.0 Å². The number of amides is 1. The van der Waals surface area contributed by atoms with E-state index in [0.29, 0.717) is 16.8 Å². The van der Waals surface area contributed by atoms with Gasteiger partial charge in [-0.1, -0.05) is 0 Å². The van der Waals surface area contributed by atoms with Crippen molar-refractivity contribution in [1.82, 2.24) is 4.90 Å². The molecule has 1 atom stereocenters. The molecule has 0 aromatic carbocycles. The van der Waals surface area contributed by atoms with E-state index in [1.165, 1.54) is 0 Å². The number of nitrogens with zero attached hydrogens (tertiary/aromatic N) is 3. The lowest BCUT2D eigenvalue weighted by Gasteiger charge is -2.30. The second-order valence-electron chi connectivity index (χ2n) is 4.34. The second kappa shape index (κ2) is 2.80. The molecule has 2 aliphatic heterocycles. The van der Waals surface area contributed by atoms with Crippen LogP contribution in [0.15, 0.2) is 16.5 Å². The Morgan fingerprint density at radius 1 is 1.53 bits per heavy atom. The fourth-order valence-electron chi connectivity index (χ4n) is 2.04. The van der Waals surface area contributed by atoms with Crippen LogP contribution in [0.5, 0.6) is 0 Å². The largest absolute Gasteiger partial charge is 0.416 e. The molecule has 2 aliphatic rings. The summed E-state index contributed by atoms with van der Waals surface area (Å²) in [4.78, 5) is 17.7. The lowest BCUT2D eigenvalue weighted by molar-refractivity contribution is -0.835. The molecule has 0 aliphatic carbocycles. The SMILES string of the molecule is CC1=NC2=C([NH+](N)[N-]1)C(C)(C)C(=O)N2C. The highest BCUT2D eigenvalue weighted by molar-refractivity contribution is 5.95. The first kappa shape index (κ1) is 10.1. The van der Waals surface area contributed by atoms with E-state index in [4.69, 9.17) is 5.84 Å². The van der Waals surface area contributed by atoms with Crippen molar-refractivity contribution in [3.05, 3.63) is 16.9 Å². The van der Waals surface area contributed by atoms with Gasteiger partial charge in [0.15, 0.2) is 5.70 Å². The average Bonchev–Trinajstić information content (AvgIpc) is 2.27. The Morgan fingerprint density at radius 2 is 2.13 bits per heavy atom. The van der Waals surface area contributed by atoms with Gasteiger partial charge in [0.05, 0.1) is 5.82 Å². The molecule has 3 N–H and O–H groups in total. The standard InChI is InChI=1S/C9H15N5O/c1-5-11-7-6(14(10)12-5)9(2,3)8(15)13(7)4/h14H,10H2,1-4H3. The molecule has 2 heterocycles. The number of hydrogen-bond donors (Lipinski definition) is 2. The van der Waals surface area contributed by atoms with Crippen LogP contribution in [0.4, 0.5) is 0 Å². The summed E-state index contributed by atoms with van der Waals surface area (Å²) >= 11 is 0. The van der Waals surface area contributed by atoms with Crippen molar-refractivity contribution in [3.8, 4) is 0 Å². The van der Waals surface area contributed by atoms with Crippen molar-refractivity contribution < 1.29 is 9.91 Å². The summed E-state index contributed by atoms with van der Waals surface area (Å²) in [6.07, 6.45) is 0. The Bertz CT molecular complexity index is 395. The maximum Gasteiger partial charge on any atom is 0.242 e. The molecular formula is C9H15N5O. The van der Waals surface area contributed by atoms with Gasteiger partial charge in [-0.3, -0.25) is 10.2 Å². The fraction of sp³-hybridized carbons (Fsp3) is 0.556. The molecule has 2 rings (SSSR count). The van der Waals surface area contributed by atoms with E-state index in [1.807, 2.05) is 13.8 Å². The zero-order chi connectivity index (χ0) is 11.4. The van der Waals surface area contributed by atoms with Crippen LogP contribution in [-0.2, 0) is 4.79 Å². The minimum absolute atomic E-state index is 0.00380. The number of carbonyl (C=O) groups is 1. The van der Waals surface area contributed by atoms with Crippen LogP contribution >= 0.6 is 0 Å². The first-order chi connectivity index (χ1) is 6.85. The minimum atomic E-state index is -0.623. The summed E-state index contributed by atoms with van der Waals surface area (Å²) < 4.78 is 0. The van der Waals surface area contributed by atoms with E-state index in [-0.39, 0.29) is 5.91 Å². The van der Waals surface area contributed by atoms with E-state index in [0.717, 1.165) is 5.70 Å². The van der Waals surface area contributed by atoms with Crippen LogP contribution in [-0.4, -0.2) is 23.7 Å². The molecule has 0 bridgehead atoms. The number of carbonyl (C=O) groups excluding carboxylic acids is 1. The van der Waals surface area contributed by atoms with Crippen molar-refractivity contribution in [2.24, 2.45) is 16.3 Å². The van der Waals surface area contributed by atoms with Gasteiger partial charge in [0.1, 0.15) is 5.41 Å². The zero-order valence-corrected chi connectivity index (χ0v) is 9.33. The number of nitrogens with one attached hydrogen (secondary N) is 1. The van der Waals surface area contributed by atoms with Crippen LogP contribution in [0, 0.1) is 5.41 Å². The number of amidine groups is 1. The summed E-state index contributed by atoms with van der Waals surface area (Å²) in [6.45, 7) is 5.44. The summed E-state index contributed by atoms with van der Waals surface area (Å²) in [7, 11) is 1.71. The Morgan fingerprint density at radius 3 is 2.73 bits per heavy atom. The van der Waals surface area contributed by atoms with Gasteiger partial charge in [-0.15, -0.1) is 0 Å². The average molecular weight is 209 g/mol. The predicted octanol–water partition coefficient (Wildman–Crippen LogP) is -0.867. The van der Waals surface area contributed by atoms with Crippen molar-refractivity contribution in [1.29, 1.82) is 0 Å². The van der Waals surface area contributed by atoms with Crippen molar-refractivity contribution in [2.75, 3.05) is 7.05 Å². The summed E-state index contributed by atoms with van der Waals surface area (Å²) in [5.74, 6) is 7.07. The second-order valence-corrected chi connectivity index (χ2v) is 4.34. The lowest BCUT2D eigenvalue weighted by Crippen LogP contribution is -3.14. The number of rotatable bonds is 0. The predicted molar refractivity (Wildman–Crippen MR) is 55.2 cm³/mol. The molecule has 82 valence electrons. The molecule has 0 saturated carbocycles. The summed E-state index contributed by atoms with van der Waals surface area (Å²) in [6, 6.07) is 0. The molecule has 6 heteroatoms. The summed E-state index contributed by atoms with van der Waals surface area (Å²) in [5, 5.41) is 0.403. The maximum absolute atomic E-state index is 11.9. The van der Waals surface area contributed by atoms with Crippen LogP contribution in [0.2, 0.25) is 0 Å². The van der Waals surface area contributed by atoms with Gasteiger partial charge >= 0.3 is 0 Å². The topological polar surface area (TPSA) is 77.2 Å². The van der Waals surface area contributed by atoms with Gasteiger partial charge < -0.3 is 9.89 Å². The van der Waals surface area contributed by atoms with Gasteiger partial charge in [-0.25, -0.2) is 0 Å². The van der Waals surface area contributed by atoms with E-state index >= 15 is 0 Å². The highest BCUT2D eigenvalue weighted by Crippen LogP contribution is 2.37. The number of nitrogens with two attached hydrogens (primary N) is 1. The molecule has 0 saturated heterocycles. The van der Waals surface area contributed by atoms with Gasteiger partial charge in [0.25, 0.3) is 0 Å².